The molecular weight excluding hydrogens is 711 g/mol. The van der Waals surface area contributed by atoms with Crippen molar-refractivity contribution >= 4 is 46.3 Å². The molecule has 1 atom stereocenters. The number of nitrogens with one attached hydrogen (secondary N) is 5. The zero-order valence-electron chi connectivity index (χ0n) is 31.3. The molecule has 0 radical (unpaired) electrons. The number of ether oxygens (including phenoxy) is 1. The van der Waals surface area contributed by atoms with Gasteiger partial charge in [-0.05, 0) is 112 Å². The summed E-state index contributed by atoms with van der Waals surface area (Å²) in [6, 6.07) is 19.2. The number of piperidine rings is 2. The number of para-hydroxylation sites is 1. The summed E-state index contributed by atoms with van der Waals surface area (Å²) in [5, 5.41) is 14.1. The van der Waals surface area contributed by atoms with Crippen molar-refractivity contribution in [2.24, 2.45) is 0 Å². The third-order valence-corrected chi connectivity index (χ3v) is 9.84. The molecule has 5 N–H and O–H groups in total. The molecule has 11 nitrogen and oxygen atoms in total. The molecule has 3 aromatic carbocycles. The van der Waals surface area contributed by atoms with E-state index in [1.54, 1.807) is 18.2 Å². The van der Waals surface area contributed by atoms with Gasteiger partial charge >= 0.3 is 6.18 Å². The van der Waals surface area contributed by atoms with Crippen molar-refractivity contribution in [2.45, 2.75) is 77.2 Å². The van der Waals surface area contributed by atoms with Crippen LogP contribution in [0.1, 0.15) is 78.1 Å². The minimum atomic E-state index is -4.70. The second-order valence-electron chi connectivity index (χ2n) is 14.3. The third-order valence-electron chi connectivity index (χ3n) is 9.84. The quantitative estimate of drug-likeness (QED) is 0.0924. The number of aryl methyl sites for hydroxylation is 1. The monoisotopic (exact) mass is 757 g/mol. The fraction of sp³-hybridized carbons (Fsp3) is 0.366. The first-order valence-corrected chi connectivity index (χ1v) is 18.4. The van der Waals surface area contributed by atoms with Gasteiger partial charge in [0.15, 0.2) is 0 Å². The van der Waals surface area contributed by atoms with Crippen LogP contribution in [-0.2, 0) is 22.3 Å². The van der Waals surface area contributed by atoms with Gasteiger partial charge in [0.05, 0.1) is 34.3 Å². The fourth-order valence-electron chi connectivity index (χ4n) is 7.05. The van der Waals surface area contributed by atoms with Crippen LogP contribution >= 0.6 is 0 Å². The van der Waals surface area contributed by atoms with Crippen LogP contribution in [0.5, 0.6) is 5.75 Å². The number of anilines is 5. The molecule has 290 valence electrons. The summed E-state index contributed by atoms with van der Waals surface area (Å²) in [7, 11) is 1.46. The summed E-state index contributed by atoms with van der Waals surface area (Å²) in [5.74, 6) is 0.0618. The number of hydrogen-bond donors (Lipinski definition) is 5. The smallest absolute Gasteiger partial charge is 0.419 e. The van der Waals surface area contributed by atoms with Gasteiger partial charge in [-0.25, -0.2) is 4.98 Å². The summed E-state index contributed by atoms with van der Waals surface area (Å²) in [6.45, 7) is 8.45. The first-order chi connectivity index (χ1) is 26.3. The number of amides is 3. The van der Waals surface area contributed by atoms with Crippen molar-refractivity contribution in [1.29, 1.82) is 0 Å². The Morgan fingerprint density at radius 1 is 0.964 bits per heavy atom. The molecule has 0 spiro atoms. The van der Waals surface area contributed by atoms with Crippen molar-refractivity contribution in [2.75, 3.05) is 36.1 Å². The van der Waals surface area contributed by atoms with E-state index < -0.39 is 23.7 Å². The number of rotatable bonds is 12. The van der Waals surface area contributed by atoms with Gasteiger partial charge in [-0.2, -0.15) is 13.2 Å². The third kappa shape index (κ3) is 9.73. The minimum absolute atomic E-state index is 0.164. The van der Waals surface area contributed by atoms with Crippen LogP contribution in [-0.4, -0.2) is 59.9 Å². The number of pyridine rings is 1. The highest BCUT2D eigenvalue weighted by Gasteiger charge is 2.35. The van der Waals surface area contributed by atoms with Crippen molar-refractivity contribution in [3.8, 4) is 5.75 Å². The average molecular weight is 758 g/mol. The van der Waals surface area contributed by atoms with Crippen molar-refractivity contribution < 1.29 is 32.3 Å². The van der Waals surface area contributed by atoms with Crippen LogP contribution in [0.25, 0.3) is 0 Å². The number of likely N-dealkylation sites (tertiary alicyclic amines) is 1. The zero-order chi connectivity index (χ0) is 39.3. The number of carbonyl (C=O) groups excluding carboxylic acids is 3. The molecule has 2 fully saturated rings. The molecule has 0 aliphatic carbocycles. The van der Waals surface area contributed by atoms with Gasteiger partial charge in [-0.1, -0.05) is 24.3 Å². The van der Waals surface area contributed by atoms with Crippen molar-refractivity contribution in [3.05, 3.63) is 101 Å². The Balaban J connectivity index is 1.14. The number of hydrogen-bond acceptors (Lipinski definition) is 9. The Kier molecular flexibility index (Phi) is 11.9. The number of carbonyl (C=O) groups is 3. The van der Waals surface area contributed by atoms with Crippen molar-refractivity contribution in [3.63, 3.8) is 0 Å². The van der Waals surface area contributed by atoms with Gasteiger partial charge in [0, 0.05) is 38.0 Å². The van der Waals surface area contributed by atoms with E-state index >= 15 is 0 Å². The Hall–Kier alpha value is -5.63. The highest BCUT2D eigenvalue weighted by Crippen LogP contribution is 2.41. The lowest BCUT2D eigenvalue weighted by Gasteiger charge is -2.33. The molecule has 3 amide bonds. The van der Waals surface area contributed by atoms with Gasteiger partial charge in [-0.15, -0.1) is 0 Å². The van der Waals surface area contributed by atoms with Gasteiger partial charge < -0.3 is 26.0 Å². The summed E-state index contributed by atoms with van der Waals surface area (Å²) in [4.78, 5) is 42.6. The Bertz CT molecular complexity index is 2030. The molecule has 2 aliphatic heterocycles. The minimum Gasteiger partial charge on any atom is -0.489 e. The fourth-order valence-corrected chi connectivity index (χ4v) is 7.05. The summed E-state index contributed by atoms with van der Waals surface area (Å²) in [6.07, 6.45) is -1.41. The van der Waals surface area contributed by atoms with E-state index in [0.29, 0.717) is 30.2 Å². The molecule has 0 saturated carbocycles. The van der Waals surface area contributed by atoms with E-state index in [1.807, 2.05) is 45.0 Å². The normalized spacial score (nSPS) is 16.8. The van der Waals surface area contributed by atoms with Crippen LogP contribution in [0.15, 0.2) is 72.9 Å². The van der Waals surface area contributed by atoms with E-state index in [4.69, 9.17) is 4.74 Å². The van der Waals surface area contributed by atoms with Crippen LogP contribution in [0.2, 0.25) is 0 Å². The lowest BCUT2D eigenvalue weighted by molar-refractivity contribution is -0.137. The van der Waals surface area contributed by atoms with E-state index in [9.17, 15) is 27.6 Å². The predicted octanol–water partition coefficient (Wildman–Crippen LogP) is 7.64. The van der Waals surface area contributed by atoms with Crippen LogP contribution in [0.3, 0.4) is 0 Å². The highest BCUT2D eigenvalue weighted by molar-refractivity contribution is 6.01. The number of halogens is 3. The largest absolute Gasteiger partial charge is 0.489 e. The second kappa shape index (κ2) is 16.8. The number of aromatic nitrogens is 1. The van der Waals surface area contributed by atoms with Crippen molar-refractivity contribution in [1.82, 2.24) is 20.5 Å². The summed E-state index contributed by atoms with van der Waals surface area (Å²) < 4.78 is 48.6. The molecule has 1 aromatic heterocycles. The molecule has 55 heavy (non-hydrogen) atoms. The second-order valence-corrected chi connectivity index (χ2v) is 14.3. The van der Waals surface area contributed by atoms with Crippen LogP contribution < -0.4 is 31.3 Å². The van der Waals surface area contributed by atoms with Gasteiger partial charge in [0.25, 0.3) is 5.91 Å². The van der Waals surface area contributed by atoms with E-state index in [1.165, 1.54) is 24.7 Å². The lowest BCUT2D eigenvalue weighted by atomic mass is 9.86. The Labute approximate surface area is 318 Å². The zero-order valence-corrected chi connectivity index (χ0v) is 31.3. The lowest BCUT2D eigenvalue weighted by Crippen LogP contribution is -2.47. The van der Waals surface area contributed by atoms with Gasteiger partial charge in [0.2, 0.25) is 11.8 Å². The van der Waals surface area contributed by atoms with E-state index in [2.05, 4.69) is 48.6 Å². The molecule has 2 aliphatic rings. The topological polar surface area (TPSA) is 137 Å². The predicted molar refractivity (Wildman–Crippen MR) is 206 cm³/mol. The van der Waals surface area contributed by atoms with Gasteiger partial charge in [0.1, 0.15) is 17.6 Å². The number of imide groups is 1. The number of nitrogens with zero attached hydrogens (tertiary/aromatic N) is 2. The molecule has 14 heteroatoms. The summed E-state index contributed by atoms with van der Waals surface area (Å²) >= 11 is 0. The van der Waals surface area contributed by atoms with Gasteiger partial charge in [-0.3, -0.25) is 24.6 Å². The number of alkyl halides is 3. The van der Waals surface area contributed by atoms with E-state index in [-0.39, 0.29) is 40.7 Å². The average Bonchev–Trinajstić information content (AvgIpc) is 3.14. The van der Waals surface area contributed by atoms with Crippen LogP contribution in [0.4, 0.5) is 41.7 Å². The standard InChI is InChI=1S/C41H46F3N7O4/c1-24(2)55-36-20-30(27-15-17-51(18-16-27)23-26-9-11-28(12-10-26)47-33-13-14-38(52)50-40(33)54)25(3)19-35(36)49-37-21-34(31(22-46-37)41(42,43)44)48-32-8-6-5-7-29(32)39(53)45-4/h5-12,19-22,24,27,33,47H,13-18,23H2,1-4H3,(H,45,53)(H2,46,48,49)(H,50,52,54). The highest BCUT2D eigenvalue weighted by atomic mass is 19.4. The van der Waals surface area contributed by atoms with Crippen LogP contribution in [0, 0.1) is 6.92 Å². The Morgan fingerprint density at radius 3 is 2.36 bits per heavy atom. The maximum Gasteiger partial charge on any atom is 0.419 e. The molecule has 1 unspecified atom stereocenters. The van der Waals surface area contributed by atoms with E-state index in [0.717, 1.165) is 55.5 Å². The maximum absolute atomic E-state index is 14.1. The SMILES string of the molecule is CNC(=O)c1ccccc1Nc1cc(Nc2cc(C)c(C3CCN(Cc4ccc(NC5CCC(=O)NC5=O)cc4)CC3)cc2OC(C)C)ncc1C(F)(F)F. The molecule has 2 saturated heterocycles. The number of benzene rings is 3. The molecule has 0 bridgehead atoms. The first kappa shape index (κ1) is 39.1. The molecule has 6 rings (SSSR count). The molecular formula is C41H46F3N7O4. The summed E-state index contributed by atoms with van der Waals surface area (Å²) in [5.41, 5.74) is 3.96. The molecule has 4 aromatic rings. The maximum atomic E-state index is 14.1. The first-order valence-electron chi connectivity index (χ1n) is 18.4. The Morgan fingerprint density at radius 2 is 1.69 bits per heavy atom. The molecule has 3 heterocycles.